The molecule has 7 rings (SSSR count). The van der Waals surface area contributed by atoms with E-state index in [4.69, 9.17) is 9.26 Å². The number of para-hydroxylation sites is 1. The molecule has 0 radical (unpaired) electrons. The molecule has 0 saturated carbocycles. The Hall–Kier alpha value is -4.85. The maximum atomic E-state index is 14.2. The molecule has 16 heteroatoms. The minimum Gasteiger partial charge on any atom is -0.744 e. The Bertz CT molecular complexity index is 3020. The van der Waals surface area contributed by atoms with Crippen molar-refractivity contribution in [3.05, 3.63) is 143 Å². The molecule has 4 aromatic carbocycles. The maximum Gasteiger partial charge on any atom is 0.273 e. The lowest BCUT2D eigenvalue weighted by atomic mass is 9.78. The zero-order valence-corrected chi connectivity index (χ0v) is 47.4. The molecule has 4 aromatic rings. The number of unbranched alkanes of at least 4 members (excludes halogenated alkanes) is 4. The van der Waals surface area contributed by atoms with Crippen molar-refractivity contribution in [2.75, 3.05) is 36.5 Å². The lowest BCUT2D eigenvalue weighted by molar-refractivity contribution is -0.777. The van der Waals surface area contributed by atoms with Gasteiger partial charge >= 0.3 is 0 Å². The van der Waals surface area contributed by atoms with Crippen LogP contribution in [-0.2, 0) is 39.4 Å². The Kier molecular flexibility index (Phi) is 19.7. The summed E-state index contributed by atoms with van der Waals surface area (Å²) in [6.07, 6.45) is 16.8. The fourth-order valence-electron chi connectivity index (χ4n) is 11.3. The van der Waals surface area contributed by atoms with E-state index in [2.05, 4.69) is 138 Å². The Morgan fingerprint density at radius 3 is 2.31 bits per heavy atom. The number of hydrogen-bond donors (Lipinski definition) is 0. The third-order valence-electron chi connectivity index (χ3n) is 14.7. The van der Waals surface area contributed by atoms with Crippen LogP contribution in [0.2, 0.25) is 0 Å². The van der Waals surface area contributed by atoms with Crippen LogP contribution in [0.3, 0.4) is 0 Å². The van der Waals surface area contributed by atoms with E-state index in [1.165, 1.54) is 45.4 Å². The summed E-state index contributed by atoms with van der Waals surface area (Å²) in [5, 5.41) is 25.6. The van der Waals surface area contributed by atoms with E-state index < -0.39 is 17.6 Å². The number of rotatable bonds is 26. The van der Waals surface area contributed by atoms with Gasteiger partial charge in [0.2, 0.25) is 5.69 Å². The highest BCUT2D eigenvalue weighted by atomic mass is 32.2. The average Bonchev–Trinajstić information content (AvgIpc) is 3.73. The van der Waals surface area contributed by atoms with Crippen LogP contribution in [0, 0.1) is 11.3 Å². The normalized spacial score (nSPS) is 18.3. The monoisotopic (exact) mass is 1080 g/mol. The summed E-state index contributed by atoms with van der Waals surface area (Å²) in [4.78, 5) is 2.06. The Balaban J connectivity index is 1.22. The van der Waals surface area contributed by atoms with Crippen LogP contribution < -0.4 is 14.9 Å². The number of nitriles is 1. The minimum absolute atomic E-state index is 0.0238. The molecule has 0 fully saturated rings. The second-order valence-corrected chi connectivity index (χ2v) is 25.8. The number of hydrogen-bond acceptors (Lipinski definition) is 12. The molecule has 1 unspecified atom stereocenters. The molecular formula is C59H74N4O9PS2-. The number of anilines is 1. The number of nitrogens with zero attached hydrogens (tertiary/aromatic N) is 4. The molecule has 0 N–H and O–H groups in total. The topological polar surface area (TPSA) is 168 Å². The van der Waals surface area contributed by atoms with Gasteiger partial charge < -0.3 is 24.0 Å². The summed E-state index contributed by atoms with van der Waals surface area (Å²) in [6.45, 7) is 19.1. The molecule has 402 valence electrons. The number of ether oxygens (including phenoxy) is 1. The van der Waals surface area contributed by atoms with E-state index in [1.807, 2.05) is 32.4 Å². The molecule has 75 heavy (non-hydrogen) atoms. The van der Waals surface area contributed by atoms with Gasteiger partial charge in [0.25, 0.3) is 7.52 Å². The van der Waals surface area contributed by atoms with Crippen LogP contribution in [0.25, 0.3) is 10.8 Å². The first-order chi connectivity index (χ1) is 35.8. The van der Waals surface area contributed by atoms with Crippen LogP contribution in [-0.4, -0.2) is 71.6 Å². The fourth-order valence-corrected chi connectivity index (χ4v) is 14.9. The molecule has 1 aliphatic carbocycles. The standard InChI is InChI=1S/C59H75N4O9PS2/c1-43(2)63(44(3)4)73(65,41-20-37-60)69-40-17-10-9-15-38-62-53-34-27-45-21-11-12-24-50(45)56(53)59(7,8)55(62)36-29-47-23-19-22-46(57(47)70-48-30-32-49(33-31-48)75(66,67)68)28-35-54-58(5,6)51-25-13-14-26-52(51)61(54)39-16-18-42-74-72-71-64/h11-14,21,24-36,43-44H,9-10,15-20,22-23,38-42H2,1-8H3,(H-,64,66,67,68)/p-1. The second kappa shape index (κ2) is 25.5. The first-order valence-corrected chi connectivity index (χ1v) is 30.5. The molecule has 3 aliphatic rings. The smallest absolute Gasteiger partial charge is 0.273 e. The summed E-state index contributed by atoms with van der Waals surface area (Å²) in [5.41, 5.74) is 8.49. The van der Waals surface area contributed by atoms with Gasteiger partial charge in [-0.05, 0) is 163 Å². The highest BCUT2D eigenvalue weighted by molar-refractivity contribution is 7.94. The van der Waals surface area contributed by atoms with Crippen molar-refractivity contribution in [1.29, 1.82) is 5.26 Å². The van der Waals surface area contributed by atoms with Crippen LogP contribution in [0.4, 0.5) is 11.4 Å². The molecule has 0 amide bonds. The minimum atomic E-state index is -4.66. The van der Waals surface area contributed by atoms with Crippen molar-refractivity contribution in [3.8, 4) is 11.8 Å². The number of benzene rings is 4. The highest BCUT2D eigenvalue weighted by Crippen LogP contribution is 2.54. The van der Waals surface area contributed by atoms with Crippen molar-refractivity contribution < 1.29 is 46.0 Å². The van der Waals surface area contributed by atoms with Gasteiger partial charge in [-0.3, -0.25) is 9.60 Å². The molecule has 2 heterocycles. The van der Waals surface area contributed by atoms with Crippen molar-refractivity contribution in [1.82, 2.24) is 4.67 Å². The average molecular weight is 1080 g/mol. The van der Waals surface area contributed by atoms with Gasteiger partial charge in [-0.2, -0.15) is 14.2 Å². The van der Waals surface area contributed by atoms with Gasteiger partial charge in [-0.15, -0.1) is 0 Å². The zero-order chi connectivity index (χ0) is 54.0. The van der Waals surface area contributed by atoms with Crippen molar-refractivity contribution in [2.45, 2.75) is 147 Å². The van der Waals surface area contributed by atoms with E-state index >= 15 is 0 Å². The molecule has 13 nitrogen and oxygen atoms in total. The van der Waals surface area contributed by atoms with Crippen LogP contribution in [0.5, 0.6) is 5.75 Å². The summed E-state index contributed by atoms with van der Waals surface area (Å²) < 4.78 is 71.9. The SMILES string of the molecule is CC(C)N(C(C)C)P(=O)(CCC#N)OCCCCCC[N+]1=C(/C=C/C2=C(Oc3ccc(S(=O)(=O)[O-])cc3)C(=C/C=C3/N(CCCCSOO[O-])c4ccccc4C3(C)C)/CCC2)C(C)(C)c2c1ccc1ccccc21. The van der Waals surface area contributed by atoms with E-state index in [0.29, 0.717) is 23.9 Å². The lowest BCUT2D eigenvalue weighted by Gasteiger charge is -2.37. The van der Waals surface area contributed by atoms with Crippen molar-refractivity contribution >= 4 is 57.5 Å². The Labute approximate surface area is 449 Å². The predicted octanol–water partition coefficient (Wildman–Crippen LogP) is 13.3. The van der Waals surface area contributed by atoms with Gasteiger partial charge in [0.15, 0.2) is 5.71 Å². The van der Waals surface area contributed by atoms with Gasteiger partial charge in [0, 0.05) is 83.8 Å². The molecule has 0 aromatic heterocycles. The maximum absolute atomic E-state index is 14.2. The second-order valence-electron chi connectivity index (χ2n) is 21.2. The largest absolute Gasteiger partial charge is 0.744 e. The summed E-state index contributed by atoms with van der Waals surface area (Å²) in [5.74, 6) is 1.74. The van der Waals surface area contributed by atoms with Crippen LogP contribution >= 0.6 is 19.6 Å². The van der Waals surface area contributed by atoms with Crippen LogP contribution in [0.1, 0.15) is 131 Å². The third-order valence-corrected chi connectivity index (χ3v) is 19.1. The van der Waals surface area contributed by atoms with E-state index in [1.54, 1.807) is 12.1 Å². The summed E-state index contributed by atoms with van der Waals surface area (Å²) in [7, 11) is -7.84. The van der Waals surface area contributed by atoms with Crippen molar-refractivity contribution in [3.63, 3.8) is 0 Å². The van der Waals surface area contributed by atoms with Gasteiger partial charge in [0.1, 0.15) is 28.2 Å². The molecule has 0 spiro atoms. The molecule has 2 aliphatic heterocycles. The molecule has 0 bridgehead atoms. The Morgan fingerprint density at radius 2 is 1.59 bits per heavy atom. The molecular weight excluding hydrogens is 1000 g/mol. The number of fused-ring (bicyclic) bond motifs is 4. The highest BCUT2D eigenvalue weighted by Gasteiger charge is 2.46. The fraction of sp³-hybridized carbons (Fsp3) is 0.458. The zero-order valence-electron chi connectivity index (χ0n) is 44.9. The number of allylic oxidation sites excluding steroid dienone is 7. The summed E-state index contributed by atoms with van der Waals surface area (Å²) >= 11 is 1.00. The molecule has 0 saturated heterocycles. The van der Waals surface area contributed by atoms with E-state index in [0.717, 1.165) is 105 Å². The molecule has 1 atom stereocenters. The Morgan fingerprint density at radius 1 is 0.867 bits per heavy atom. The first-order valence-electron chi connectivity index (χ1n) is 26.4. The lowest BCUT2D eigenvalue weighted by Crippen LogP contribution is -2.35. The third kappa shape index (κ3) is 13.5. The van der Waals surface area contributed by atoms with Crippen molar-refractivity contribution in [2.24, 2.45) is 0 Å². The van der Waals surface area contributed by atoms with E-state index in [-0.39, 0.29) is 40.4 Å². The quantitative estimate of drug-likeness (QED) is 0.0111. The van der Waals surface area contributed by atoms with Gasteiger partial charge in [-0.25, -0.2) is 13.1 Å². The predicted molar refractivity (Wildman–Crippen MR) is 298 cm³/mol. The van der Waals surface area contributed by atoms with Crippen LogP contribution in [0.15, 0.2) is 137 Å². The van der Waals surface area contributed by atoms with E-state index in [9.17, 15) is 28.1 Å². The summed E-state index contributed by atoms with van der Waals surface area (Å²) in [6, 6.07) is 29.4. The van der Waals surface area contributed by atoms with Gasteiger partial charge in [-0.1, -0.05) is 68.8 Å². The van der Waals surface area contributed by atoms with Gasteiger partial charge in [0.05, 0.1) is 29.1 Å². The first kappa shape index (κ1) is 57.8.